The van der Waals surface area contributed by atoms with E-state index in [9.17, 15) is 9.90 Å². The van der Waals surface area contributed by atoms with E-state index < -0.39 is 6.04 Å². The fraction of sp³-hybridized carbons (Fsp3) is 0.533. The number of hydrogen-bond acceptors (Lipinski definition) is 6. The van der Waals surface area contributed by atoms with Crippen molar-refractivity contribution in [2.75, 3.05) is 6.61 Å². The molecule has 1 aliphatic carbocycles. The van der Waals surface area contributed by atoms with Crippen LogP contribution in [0.1, 0.15) is 55.1 Å². The van der Waals surface area contributed by atoms with E-state index in [0.717, 1.165) is 18.7 Å². The summed E-state index contributed by atoms with van der Waals surface area (Å²) in [5.74, 6) is 2.25. The van der Waals surface area contributed by atoms with E-state index in [2.05, 4.69) is 15.5 Å². The molecule has 1 aliphatic rings. The Balaban J connectivity index is 1.41. The molecule has 118 valence electrons. The summed E-state index contributed by atoms with van der Waals surface area (Å²) in [6.07, 6.45) is 5.31. The number of aliphatic hydroxyl groups is 1. The number of hydrogen-bond donors (Lipinski definition) is 2. The van der Waals surface area contributed by atoms with E-state index in [1.165, 1.54) is 6.26 Å². The molecule has 0 spiro atoms. The summed E-state index contributed by atoms with van der Waals surface area (Å²) >= 11 is 0. The van der Waals surface area contributed by atoms with Crippen LogP contribution in [-0.4, -0.2) is 27.8 Å². The van der Waals surface area contributed by atoms with Gasteiger partial charge in [0.1, 0.15) is 11.8 Å². The molecule has 22 heavy (non-hydrogen) atoms. The van der Waals surface area contributed by atoms with Crippen LogP contribution in [0.2, 0.25) is 0 Å². The van der Waals surface area contributed by atoms with Gasteiger partial charge in [0, 0.05) is 18.8 Å². The van der Waals surface area contributed by atoms with Crippen LogP contribution in [0.5, 0.6) is 0 Å². The lowest BCUT2D eigenvalue weighted by Crippen LogP contribution is -2.30. The van der Waals surface area contributed by atoms with Gasteiger partial charge in [-0.3, -0.25) is 4.79 Å². The quantitative estimate of drug-likeness (QED) is 0.770. The van der Waals surface area contributed by atoms with Gasteiger partial charge < -0.3 is 19.4 Å². The molecule has 2 N–H and O–H groups in total. The zero-order chi connectivity index (χ0) is 15.4. The Bertz CT molecular complexity index is 604. The van der Waals surface area contributed by atoms with Crippen molar-refractivity contribution in [3.05, 3.63) is 35.9 Å². The monoisotopic (exact) mass is 305 g/mol. The number of amides is 1. The van der Waals surface area contributed by atoms with Gasteiger partial charge in [0.05, 0.1) is 12.9 Å². The molecule has 2 aromatic heterocycles. The minimum absolute atomic E-state index is 0.141. The highest BCUT2D eigenvalue weighted by molar-refractivity contribution is 5.76. The van der Waals surface area contributed by atoms with Crippen molar-refractivity contribution in [3.8, 4) is 0 Å². The number of aryl methyl sites for hydroxylation is 1. The lowest BCUT2D eigenvalue weighted by molar-refractivity contribution is -0.122. The number of nitrogens with one attached hydrogen (secondary N) is 1. The molecule has 7 heteroatoms. The maximum absolute atomic E-state index is 11.9. The van der Waals surface area contributed by atoms with Gasteiger partial charge in [0.15, 0.2) is 5.82 Å². The molecule has 0 aromatic carbocycles. The van der Waals surface area contributed by atoms with Crippen molar-refractivity contribution in [1.82, 2.24) is 15.5 Å². The van der Waals surface area contributed by atoms with E-state index in [1.54, 1.807) is 12.1 Å². The zero-order valence-electron chi connectivity index (χ0n) is 12.2. The van der Waals surface area contributed by atoms with E-state index >= 15 is 0 Å². The average Bonchev–Trinajstić information content (AvgIpc) is 3.03. The fourth-order valence-corrected chi connectivity index (χ4v) is 2.24. The Morgan fingerprint density at radius 3 is 3.05 bits per heavy atom. The lowest BCUT2D eigenvalue weighted by atomic mass is 10.2. The predicted octanol–water partition coefficient (Wildman–Crippen LogP) is 1.71. The number of aliphatic hydroxyl groups excluding tert-OH is 1. The Labute approximate surface area is 127 Å². The van der Waals surface area contributed by atoms with Crippen molar-refractivity contribution in [1.29, 1.82) is 0 Å². The number of carbonyl (C=O) groups is 1. The number of furan rings is 1. The third-order valence-electron chi connectivity index (χ3n) is 3.63. The highest BCUT2D eigenvalue weighted by Gasteiger charge is 2.28. The van der Waals surface area contributed by atoms with Crippen LogP contribution >= 0.6 is 0 Å². The molecule has 1 fully saturated rings. The molecular formula is C15H19N3O4. The summed E-state index contributed by atoms with van der Waals surface area (Å²) < 4.78 is 10.3. The van der Waals surface area contributed by atoms with Gasteiger partial charge in [-0.2, -0.15) is 4.98 Å². The summed E-state index contributed by atoms with van der Waals surface area (Å²) in [6.45, 7) is -0.201. The van der Waals surface area contributed by atoms with Crippen LogP contribution in [0.4, 0.5) is 0 Å². The highest BCUT2D eigenvalue weighted by Crippen LogP contribution is 2.38. The van der Waals surface area contributed by atoms with Crippen molar-refractivity contribution < 1.29 is 18.8 Å². The first-order valence-corrected chi connectivity index (χ1v) is 7.52. The van der Waals surface area contributed by atoms with E-state index in [1.807, 2.05) is 0 Å². The second-order valence-electron chi connectivity index (χ2n) is 5.49. The summed E-state index contributed by atoms with van der Waals surface area (Å²) in [6, 6.07) is 2.93. The van der Waals surface area contributed by atoms with Crippen molar-refractivity contribution in [2.45, 2.75) is 44.1 Å². The summed E-state index contributed by atoms with van der Waals surface area (Å²) in [5, 5.41) is 16.0. The maximum Gasteiger partial charge on any atom is 0.226 e. The second kappa shape index (κ2) is 6.74. The van der Waals surface area contributed by atoms with Gasteiger partial charge in [0.2, 0.25) is 11.8 Å². The van der Waals surface area contributed by atoms with E-state index in [-0.39, 0.29) is 12.5 Å². The molecule has 1 atom stereocenters. The Hall–Kier alpha value is -2.15. The molecule has 1 saturated carbocycles. The molecule has 1 amide bonds. The van der Waals surface area contributed by atoms with Crippen LogP contribution in [-0.2, 0) is 11.2 Å². The van der Waals surface area contributed by atoms with Gasteiger partial charge in [-0.25, -0.2) is 0 Å². The Morgan fingerprint density at radius 2 is 2.36 bits per heavy atom. The molecule has 0 saturated heterocycles. The molecule has 0 aliphatic heterocycles. The number of nitrogens with zero attached hydrogens (tertiary/aromatic N) is 2. The van der Waals surface area contributed by atoms with E-state index in [0.29, 0.717) is 36.8 Å². The summed E-state index contributed by atoms with van der Waals surface area (Å²) in [4.78, 5) is 16.2. The Morgan fingerprint density at radius 1 is 1.50 bits per heavy atom. The molecule has 7 nitrogen and oxygen atoms in total. The molecule has 0 radical (unpaired) electrons. The van der Waals surface area contributed by atoms with Crippen molar-refractivity contribution >= 4 is 5.91 Å². The smallest absolute Gasteiger partial charge is 0.226 e. The average molecular weight is 305 g/mol. The number of rotatable bonds is 8. The van der Waals surface area contributed by atoms with Crippen molar-refractivity contribution in [2.24, 2.45) is 0 Å². The molecule has 2 heterocycles. The SMILES string of the molecule is O=C(CCCc1nc(C2CC2)no1)NC(CO)c1ccco1. The van der Waals surface area contributed by atoms with Gasteiger partial charge in [0.25, 0.3) is 0 Å². The fourth-order valence-electron chi connectivity index (χ4n) is 2.24. The lowest BCUT2D eigenvalue weighted by Gasteiger charge is -2.13. The molecule has 0 bridgehead atoms. The highest BCUT2D eigenvalue weighted by atomic mass is 16.5. The topological polar surface area (TPSA) is 101 Å². The van der Waals surface area contributed by atoms with Crippen LogP contribution in [0.15, 0.2) is 27.3 Å². The van der Waals surface area contributed by atoms with Gasteiger partial charge in [-0.15, -0.1) is 0 Å². The molecular weight excluding hydrogens is 286 g/mol. The first-order chi connectivity index (χ1) is 10.8. The minimum atomic E-state index is -0.507. The third-order valence-corrected chi connectivity index (χ3v) is 3.63. The third kappa shape index (κ3) is 3.73. The first-order valence-electron chi connectivity index (χ1n) is 7.52. The van der Waals surface area contributed by atoms with Crippen LogP contribution < -0.4 is 5.32 Å². The summed E-state index contributed by atoms with van der Waals surface area (Å²) in [5.41, 5.74) is 0. The number of carbonyl (C=O) groups excluding carboxylic acids is 1. The van der Waals surface area contributed by atoms with Crippen LogP contribution in [0.3, 0.4) is 0 Å². The van der Waals surface area contributed by atoms with E-state index in [4.69, 9.17) is 8.94 Å². The standard InChI is InChI=1S/C15H19N3O4/c19-9-11(12-3-2-8-21-12)16-13(20)4-1-5-14-17-15(18-22-14)10-6-7-10/h2-3,8,10-11,19H,1,4-7,9H2,(H,16,20). The Kier molecular flexibility index (Phi) is 4.53. The molecule has 2 aromatic rings. The second-order valence-corrected chi connectivity index (χ2v) is 5.49. The van der Waals surface area contributed by atoms with Crippen LogP contribution in [0, 0.1) is 0 Å². The molecule has 3 rings (SSSR count). The van der Waals surface area contributed by atoms with Gasteiger partial charge in [-0.1, -0.05) is 5.16 Å². The predicted molar refractivity (Wildman–Crippen MR) is 75.9 cm³/mol. The largest absolute Gasteiger partial charge is 0.467 e. The summed E-state index contributed by atoms with van der Waals surface area (Å²) in [7, 11) is 0. The maximum atomic E-state index is 11.9. The number of aromatic nitrogens is 2. The van der Waals surface area contributed by atoms with Crippen LogP contribution in [0.25, 0.3) is 0 Å². The minimum Gasteiger partial charge on any atom is -0.467 e. The van der Waals surface area contributed by atoms with Gasteiger partial charge in [-0.05, 0) is 31.4 Å². The van der Waals surface area contributed by atoms with Gasteiger partial charge >= 0.3 is 0 Å². The zero-order valence-corrected chi connectivity index (χ0v) is 12.2. The van der Waals surface area contributed by atoms with Crippen molar-refractivity contribution in [3.63, 3.8) is 0 Å². The first kappa shape index (κ1) is 14.8. The normalized spacial score (nSPS) is 15.7. The molecule has 1 unspecified atom stereocenters.